The molecule has 1 aliphatic heterocycles. The van der Waals surface area contributed by atoms with Gasteiger partial charge in [0.1, 0.15) is 11.3 Å². The number of nitrogens with one attached hydrogen (secondary N) is 3. The highest BCUT2D eigenvalue weighted by Crippen LogP contribution is 2.22. The molecule has 0 spiro atoms. The van der Waals surface area contributed by atoms with Gasteiger partial charge in [-0.3, -0.25) is 4.79 Å². The van der Waals surface area contributed by atoms with Gasteiger partial charge in [-0.1, -0.05) is 0 Å². The van der Waals surface area contributed by atoms with Crippen molar-refractivity contribution in [1.29, 1.82) is 0 Å². The predicted octanol–water partition coefficient (Wildman–Crippen LogP) is 3.42. The number of carbonyl (C=O) groups is 2. The first-order valence-corrected chi connectivity index (χ1v) is 10.7. The first-order chi connectivity index (χ1) is 16.0. The van der Waals surface area contributed by atoms with Crippen LogP contribution in [0.2, 0.25) is 0 Å². The van der Waals surface area contributed by atoms with Crippen LogP contribution in [0, 0.1) is 6.92 Å². The molecule has 3 N–H and O–H groups in total. The molecule has 0 saturated carbocycles. The minimum absolute atomic E-state index is 0.0767. The largest absolute Gasteiger partial charge is 0.484 e. The summed E-state index contributed by atoms with van der Waals surface area (Å²) >= 11 is 0. The van der Waals surface area contributed by atoms with Crippen LogP contribution in [-0.4, -0.2) is 37.8 Å². The molecule has 0 unspecified atom stereocenters. The molecule has 9 nitrogen and oxygen atoms in total. The fourth-order valence-corrected chi connectivity index (χ4v) is 3.57. The normalized spacial score (nSPS) is 15.2. The molecule has 1 aromatic heterocycles. The molecule has 4 rings (SSSR count). The molecule has 1 atom stereocenters. The van der Waals surface area contributed by atoms with Gasteiger partial charge in [0.15, 0.2) is 6.61 Å². The highest BCUT2D eigenvalue weighted by molar-refractivity contribution is 5.93. The average molecular weight is 451 g/mol. The number of benzene rings is 2. The number of urea groups is 1. The second-order valence-corrected chi connectivity index (χ2v) is 7.79. The maximum atomic E-state index is 12.2. The summed E-state index contributed by atoms with van der Waals surface area (Å²) in [7, 11) is 0. The van der Waals surface area contributed by atoms with Crippen molar-refractivity contribution >= 4 is 34.3 Å². The Kier molecular flexibility index (Phi) is 6.89. The van der Waals surface area contributed by atoms with Crippen molar-refractivity contribution in [2.24, 2.45) is 0 Å². The number of ether oxygens (including phenoxy) is 2. The van der Waals surface area contributed by atoms with Crippen LogP contribution in [0.1, 0.15) is 18.4 Å². The van der Waals surface area contributed by atoms with Gasteiger partial charge in [0.05, 0.1) is 6.10 Å². The Bertz CT molecular complexity index is 1200. The second kappa shape index (κ2) is 10.2. The Morgan fingerprint density at radius 3 is 2.55 bits per heavy atom. The van der Waals surface area contributed by atoms with Crippen LogP contribution in [0.4, 0.5) is 16.2 Å². The minimum atomic E-state index is -0.437. The van der Waals surface area contributed by atoms with E-state index in [0.29, 0.717) is 29.3 Å². The Hall–Kier alpha value is -3.85. The summed E-state index contributed by atoms with van der Waals surface area (Å²) in [5.74, 6) is 0.0655. The molecule has 1 fully saturated rings. The smallest absolute Gasteiger partial charge is 0.336 e. The molecular formula is C24H25N3O6. The summed E-state index contributed by atoms with van der Waals surface area (Å²) in [5.41, 5.74) is 1.94. The maximum absolute atomic E-state index is 12.2. The predicted molar refractivity (Wildman–Crippen MR) is 124 cm³/mol. The molecule has 1 saturated heterocycles. The Morgan fingerprint density at radius 1 is 1.06 bits per heavy atom. The van der Waals surface area contributed by atoms with Gasteiger partial charge in [0.25, 0.3) is 5.91 Å². The molecule has 2 heterocycles. The van der Waals surface area contributed by atoms with Crippen molar-refractivity contribution in [3.8, 4) is 5.75 Å². The van der Waals surface area contributed by atoms with Crippen LogP contribution in [0.25, 0.3) is 11.0 Å². The highest BCUT2D eigenvalue weighted by Gasteiger charge is 2.16. The van der Waals surface area contributed by atoms with Crippen LogP contribution in [0.3, 0.4) is 0 Å². The molecule has 1 aliphatic rings. The van der Waals surface area contributed by atoms with E-state index in [-0.39, 0.29) is 24.6 Å². The Morgan fingerprint density at radius 2 is 1.82 bits per heavy atom. The van der Waals surface area contributed by atoms with Crippen LogP contribution in [0.15, 0.2) is 57.7 Å². The number of anilines is 2. The fourth-order valence-electron chi connectivity index (χ4n) is 3.57. The van der Waals surface area contributed by atoms with E-state index in [1.54, 1.807) is 42.5 Å². The number of hydrogen-bond acceptors (Lipinski definition) is 6. The Balaban J connectivity index is 1.25. The van der Waals surface area contributed by atoms with Crippen molar-refractivity contribution in [1.82, 2.24) is 5.32 Å². The number of rotatable bonds is 7. The third kappa shape index (κ3) is 6.11. The van der Waals surface area contributed by atoms with Gasteiger partial charge in [-0.25, -0.2) is 9.59 Å². The second-order valence-electron chi connectivity index (χ2n) is 7.79. The number of hydrogen-bond donors (Lipinski definition) is 3. The summed E-state index contributed by atoms with van der Waals surface area (Å²) in [4.78, 5) is 35.8. The van der Waals surface area contributed by atoms with E-state index in [9.17, 15) is 14.4 Å². The summed E-state index contributed by atoms with van der Waals surface area (Å²) in [5, 5.41) is 9.06. The van der Waals surface area contributed by atoms with Crippen LogP contribution in [-0.2, 0) is 9.53 Å². The number of fused-ring (bicyclic) bond motifs is 1. The van der Waals surface area contributed by atoms with Crippen LogP contribution in [0.5, 0.6) is 5.75 Å². The Labute approximate surface area is 190 Å². The summed E-state index contributed by atoms with van der Waals surface area (Å²) in [6, 6.07) is 12.9. The highest BCUT2D eigenvalue weighted by atomic mass is 16.5. The lowest BCUT2D eigenvalue weighted by molar-refractivity contribution is -0.118. The monoisotopic (exact) mass is 451 g/mol. The van der Waals surface area contributed by atoms with Crippen LogP contribution >= 0.6 is 0 Å². The molecule has 3 amide bonds. The lowest BCUT2D eigenvalue weighted by atomic mass is 10.1. The van der Waals surface area contributed by atoms with Gasteiger partial charge in [-0.05, 0) is 61.7 Å². The van der Waals surface area contributed by atoms with Gasteiger partial charge in [0, 0.05) is 42.0 Å². The van der Waals surface area contributed by atoms with Gasteiger partial charge in [-0.2, -0.15) is 0 Å². The van der Waals surface area contributed by atoms with Crippen molar-refractivity contribution < 1.29 is 23.5 Å². The van der Waals surface area contributed by atoms with E-state index in [4.69, 9.17) is 13.9 Å². The summed E-state index contributed by atoms with van der Waals surface area (Å²) < 4.78 is 16.2. The molecule has 9 heteroatoms. The van der Waals surface area contributed by atoms with Gasteiger partial charge < -0.3 is 29.8 Å². The van der Waals surface area contributed by atoms with Crippen molar-refractivity contribution in [3.63, 3.8) is 0 Å². The minimum Gasteiger partial charge on any atom is -0.484 e. The molecular weight excluding hydrogens is 426 g/mol. The standard InChI is InChI=1S/C24H25N3O6/c1-15-11-23(29)33-21-12-18(8-9-20(15)21)32-14-22(28)26-16-4-6-17(7-5-16)27-24(30)25-13-19-3-2-10-31-19/h4-9,11-12,19H,2-3,10,13-14H2,1H3,(H,26,28)(H2,25,27,30)/t19-/m1/s1. The molecule has 2 aromatic carbocycles. The molecule has 33 heavy (non-hydrogen) atoms. The summed E-state index contributed by atoms with van der Waals surface area (Å²) in [6.07, 6.45) is 2.05. The first kappa shape index (κ1) is 22.3. The zero-order valence-corrected chi connectivity index (χ0v) is 18.2. The van der Waals surface area contributed by atoms with Gasteiger partial charge >= 0.3 is 11.7 Å². The van der Waals surface area contributed by atoms with E-state index in [1.165, 1.54) is 6.07 Å². The zero-order chi connectivity index (χ0) is 23.2. The van der Waals surface area contributed by atoms with Gasteiger partial charge in [0.2, 0.25) is 0 Å². The van der Waals surface area contributed by atoms with Crippen molar-refractivity contribution in [3.05, 3.63) is 64.5 Å². The molecule has 3 aromatic rings. The third-order valence-electron chi connectivity index (χ3n) is 5.23. The van der Waals surface area contributed by atoms with Crippen molar-refractivity contribution in [2.75, 3.05) is 30.4 Å². The molecule has 172 valence electrons. The topological polar surface area (TPSA) is 119 Å². The maximum Gasteiger partial charge on any atom is 0.336 e. The van der Waals surface area contributed by atoms with Crippen LogP contribution < -0.4 is 26.3 Å². The van der Waals surface area contributed by atoms with E-state index < -0.39 is 5.63 Å². The SMILES string of the molecule is Cc1cc(=O)oc2cc(OCC(=O)Nc3ccc(NC(=O)NC[C@H]4CCCO4)cc3)ccc12. The first-order valence-electron chi connectivity index (χ1n) is 10.7. The van der Waals surface area contributed by atoms with Crippen molar-refractivity contribution in [2.45, 2.75) is 25.9 Å². The average Bonchev–Trinajstić information content (AvgIpc) is 3.31. The quantitative estimate of drug-likeness (QED) is 0.474. The summed E-state index contributed by atoms with van der Waals surface area (Å²) in [6.45, 7) is 2.83. The lowest BCUT2D eigenvalue weighted by Crippen LogP contribution is -2.35. The number of amides is 3. The zero-order valence-electron chi connectivity index (χ0n) is 18.2. The molecule has 0 radical (unpaired) electrons. The molecule has 0 bridgehead atoms. The van der Waals surface area contributed by atoms with E-state index in [0.717, 1.165) is 30.4 Å². The van der Waals surface area contributed by atoms with E-state index >= 15 is 0 Å². The molecule has 0 aliphatic carbocycles. The fraction of sp³-hybridized carbons (Fsp3) is 0.292. The third-order valence-corrected chi connectivity index (χ3v) is 5.23. The lowest BCUT2D eigenvalue weighted by Gasteiger charge is -2.12. The number of aryl methyl sites for hydroxylation is 1. The van der Waals surface area contributed by atoms with E-state index in [2.05, 4.69) is 16.0 Å². The van der Waals surface area contributed by atoms with Gasteiger partial charge in [-0.15, -0.1) is 0 Å². The van der Waals surface area contributed by atoms with E-state index in [1.807, 2.05) is 6.92 Å². The number of carbonyl (C=O) groups excluding carboxylic acids is 2.